The number of ether oxygens (including phenoxy) is 1. The van der Waals surface area contributed by atoms with Gasteiger partial charge in [0.2, 0.25) is 5.91 Å². The molecule has 176 valence electrons. The number of carbonyl (C=O) groups excluding carboxylic acids is 4. The second-order valence-electron chi connectivity index (χ2n) is 7.97. The molecule has 0 saturated heterocycles. The number of aromatic amines is 1. The van der Waals surface area contributed by atoms with E-state index in [1.165, 1.54) is 18.9 Å². The second-order valence-corrected chi connectivity index (χ2v) is 8.96. The van der Waals surface area contributed by atoms with Gasteiger partial charge in [-0.15, -0.1) is 0 Å². The number of nitrogens with zero attached hydrogens (tertiary/aromatic N) is 1. The van der Waals surface area contributed by atoms with Crippen molar-refractivity contribution in [3.05, 3.63) is 71.4 Å². The predicted octanol–water partition coefficient (Wildman–Crippen LogP) is 2.79. The molecule has 1 aliphatic heterocycles. The SMILES string of the molecule is COC(=O)[C@@H](Cc1c[nH]c2ccccc12)NC(=O)[C@@H](CCSC)N1C(=O)c2ccccc2C1=O. The predicted molar refractivity (Wildman–Crippen MR) is 130 cm³/mol. The third-order valence-corrected chi connectivity index (χ3v) is 6.58. The molecule has 34 heavy (non-hydrogen) atoms. The first-order valence-electron chi connectivity index (χ1n) is 10.8. The van der Waals surface area contributed by atoms with E-state index < -0.39 is 35.8 Å². The van der Waals surface area contributed by atoms with Crippen molar-refractivity contribution in [1.82, 2.24) is 15.2 Å². The summed E-state index contributed by atoms with van der Waals surface area (Å²) in [6.07, 6.45) is 4.13. The number of hydrogen-bond acceptors (Lipinski definition) is 6. The minimum atomic E-state index is -1.05. The lowest BCUT2D eigenvalue weighted by atomic mass is 10.0. The maximum atomic E-state index is 13.4. The number of carbonyl (C=O) groups is 4. The van der Waals surface area contributed by atoms with Crippen LogP contribution in [0.3, 0.4) is 0 Å². The van der Waals surface area contributed by atoms with Gasteiger partial charge in [-0.05, 0) is 42.2 Å². The molecule has 0 bridgehead atoms. The zero-order valence-corrected chi connectivity index (χ0v) is 19.7. The Morgan fingerprint density at radius 1 is 1.06 bits per heavy atom. The van der Waals surface area contributed by atoms with Crippen LogP contribution in [0.1, 0.15) is 32.7 Å². The molecule has 1 aliphatic rings. The van der Waals surface area contributed by atoms with Gasteiger partial charge in [-0.1, -0.05) is 30.3 Å². The molecule has 2 heterocycles. The largest absolute Gasteiger partial charge is 0.467 e. The first-order valence-corrected chi connectivity index (χ1v) is 12.2. The molecule has 2 aromatic carbocycles. The maximum Gasteiger partial charge on any atom is 0.328 e. The Bertz CT molecular complexity index is 1220. The van der Waals surface area contributed by atoms with Gasteiger partial charge in [0, 0.05) is 23.5 Å². The lowest BCUT2D eigenvalue weighted by Gasteiger charge is -2.27. The van der Waals surface area contributed by atoms with Gasteiger partial charge in [0.15, 0.2) is 0 Å². The van der Waals surface area contributed by atoms with E-state index in [1.807, 2.05) is 30.5 Å². The van der Waals surface area contributed by atoms with Crippen LogP contribution >= 0.6 is 11.8 Å². The molecule has 0 radical (unpaired) electrons. The Morgan fingerprint density at radius 3 is 2.35 bits per heavy atom. The minimum Gasteiger partial charge on any atom is -0.467 e. The van der Waals surface area contributed by atoms with Gasteiger partial charge in [-0.25, -0.2) is 4.79 Å². The zero-order chi connectivity index (χ0) is 24.2. The fraction of sp³-hybridized carbons (Fsp3) is 0.280. The van der Waals surface area contributed by atoms with E-state index in [4.69, 9.17) is 4.74 Å². The van der Waals surface area contributed by atoms with E-state index in [2.05, 4.69) is 10.3 Å². The van der Waals surface area contributed by atoms with E-state index >= 15 is 0 Å². The molecule has 0 fully saturated rings. The molecular weight excluding hydrogens is 454 g/mol. The molecule has 3 aromatic rings. The van der Waals surface area contributed by atoms with Gasteiger partial charge >= 0.3 is 5.97 Å². The first-order chi connectivity index (χ1) is 16.5. The van der Waals surface area contributed by atoms with Crippen molar-refractivity contribution < 1.29 is 23.9 Å². The third-order valence-electron chi connectivity index (χ3n) is 5.94. The summed E-state index contributed by atoms with van der Waals surface area (Å²) in [5.41, 5.74) is 2.31. The lowest BCUT2D eigenvalue weighted by Crippen LogP contribution is -2.54. The molecule has 1 aromatic heterocycles. The molecule has 2 N–H and O–H groups in total. The number of fused-ring (bicyclic) bond motifs is 2. The highest BCUT2D eigenvalue weighted by Crippen LogP contribution is 2.26. The standard InChI is InChI=1S/C25H25N3O5S/c1-33-25(32)20(13-15-14-26-19-10-6-5-7-16(15)19)27-22(29)21(11-12-34-2)28-23(30)17-8-3-4-9-18(17)24(28)31/h3-10,14,20-21,26H,11-13H2,1-2H3,(H,27,29)/t20-,21-/m1/s1. The lowest BCUT2D eigenvalue weighted by molar-refractivity contribution is -0.145. The fourth-order valence-corrected chi connectivity index (χ4v) is 4.68. The summed E-state index contributed by atoms with van der Waals surface area (Å²) in [6, 6.07) is 12.1. The maximum absolute atomic E-state index is 13.4. The van der Waals surface area contributed by atoms with Crippen LogP contribution in [-0.2, 0) is 20.7 Å². The quantitative estimate of drug-likeness (QED) is 0.361. The number of thioether (sulfide) groups is 1. The fourth-order valence-electron chi connectivity index (χ4n) is 4.22. The first kappa shape index (κ1) is 23.6. The van der Waals surface area contributed by atoms with Gasteiger partial charge in [0.25, 0.3) is 11.8 Å². The highest BCUT2D eigenvalue weighted by atomic mass is 32.2. The molecule has 3 amide bonds. The third kappa shape index (κ3) is 4.43. The highest BCUT2D eigenvalue weighted by molar-refractivity contribution is 7.98. The Labute approximate surface area is 201 Å². The number of imide groups is 1. The van der Waals surface area contributed by atoms with E-state index in [-0.39, 0.29) is 24.0 Å². The summed E-state index contributed by atoms with van der Waals surface area (Å²) < 4.78 is 4.94. The Hall–Kier alpha value is -3.59. The number of rotatable bonds is 9. The molecule has 0 aliphatic carbocycles. The van der Waals surface area contributed by atoms with Gasteiger partial charge in [0.1, 0.15) is 12.1 Å². The minimum absolute atomic E-state index is 0.194. The normalized spacial score (nSPS) is 14.7. The number of hydrogen-bond donors (Lipinski definition) is 2. The summed E-state index contributed by atoms with van der Waals surface area (Å²) in [7, 11) is 1.26. The van der Waals surface area contributed by atoms with Crippen molar-refractivity contribution in [2.24, 2.45) is 0 Å². The van der Waals surface area contributed by atoms with Gasteiger partial charge in [-0.2, -0.15) is 11.8 Å². The van der Waals surface area contributed by atoms with Crippen LogP contribution in [-0.4, -0.2) is 64.8 Å². The van der Waals surface area contributed by atoms with Crippen LogP contribution in [0.2, 0.25) is 0 Å². The summed E-state index contributed by atoms with van der Waals surface area (Å²) in [5.74, 6) is -1.64. The van der Waals surface area contributed by atoms with Crippen molar-refractivity contribution in [2.75, 3.05) is 19.1 Å². The molecule has 0 unspecified atom stereocenters. The molecule has 4 rings (SSSR count). The van der Waals surface area contributed by atoms with Crippen LogP contribution in [0, 0.1) is 0 Å². The number of amides is 3. The van der Waals surface area contributed by atoms with Crippen molar-refractivity contribution in [1.29, 1.82) is 0 Å². The van der Waals surface area contributed by atoms with Crippen molar-refractivity contribution >= 4 is 46.4 Å². The Morgan fingerprint density at radius 2 is 1.71 bits per heavy atom. The van der Waals surface area contributed by atoms with Crippen molar-refractivity contribution in [3.8, 4) is 0 Å². The summed E-state index contributed by atoms with van der Waals surface area (Å²) >= 11 is 1.50. The van der Waals surface area contributed by atoms with Crippen LogP contribution in [0.5, 0.6) is 0 Å². The topological polar surface area (TPSA) is 109 Å². The van der Waals surface area contributed by atoms with Gasteiger partial charge < -0.3 is 15.0 Å². The molecular formula is C25H25N3O5S. The smallest absolute Gasteiger partial charge is 0.328 e. The summed E-state index contributed by atoms with van der Waals surface area (Å²) in [4.78, 5) is 56.2. The number of nitrogens with one attached hydrogen (secondary N) is 2. The zero-order valence-electron chi connectivity index (χ0n) is 18.9. The van der Waals surface area contributed by atoms with Crippen LogP contribution in [0.25, 0.3) is 10.9 Å². The van der Waals surface area contributed by atoms with Crippen LogP contribution in [0.4, 0.5) is 0 Å². The number of esters is 1. The van der Waals surface area contributed by atoms with Gasteiger partial charge in [0.05, 0.1) is 18.2 Å². The van der Waals surface area contributed by atoms with Crippen molar-refractivity contribution in [2.45, 2.75) is 24.9 Å². The average Bonchev–Trinajstić information content (AvgIpc) is 3.38. The summed E-state index contributed by atoms with van der Waals surface area (Å²) in [6.45, 7) is 0. The summed E-state index contributed by atoms with van der Waals surface area (Å²) in [5, 5.41) is 3.68. The highest BCUT2D eigenvalue weighted by Gasteiger charge is 2.43. The number of aromatic nitrogens is 1. The molecule has 0 saturated carbocycles. The van der Waals surface area contributed by atoms with Crippen LogP contribution in [0.15, 0.2) is 54.7 Å². The molecule has 9 heteroatoms. The van der Waals surface area contributed by atoms with E-state index in [9.17, 15) is 19.2 Å². The molecule has 2 atom stereocenters. The Kier molecular flexibility index (Phi) is 7.02. The van der Waals surface area contributed by atoms with E-state index in [1.54, 1.807) is 30.5 Å². The Balaban J connectivity index is 1.59. The second kappa shape index (κ2) is 10.1. The van der Waals surface area contributed by atoms with Crippen molar-refractivity contribution in [3.63, 3.8) is 0 Å². The van der Waals surface area contributed by atoms with Crippen LogP contribution < -0.4 is 5.32 Å². The number of para-hydroxylation sites is 1. The monoisotopic (exact) mass is 479 g/mol. The number of methoxy groups -OCH3 is 1. The number of H-pyrrole nitrogens is 1. The number of benzene rings is 2. The average molecular weight is 480 g/mol. The van der Waals surface area contributed by atoms with Gasteiger partial charge in [-0.3, -0.25) is 19.3 Å². The molecule has 8 nitrogen and oxygen atoms in total. The van der Waals surface area contributed by atoms with E-state index in [0.717, 1.165) is 21.4 Å². The van der Waals surface area contributed by atoms with E-state index in [0.29, 0.717) is 5.75 Å². The molecule has 0 spiro atoms.